The molecule has 6 nitrogen and oxygen atoms in total. The minimum atomic E-state index is -0.216. The number of phenols is 1. The molecule has 0 bridgehead atoms. The average Bonchev–Trinajstić information content (AvgIpc) is 3.03. The Morgan fingerprint density at radius 3 is 2.31 bits per heavy atom. The number of hydrogen-bond acceptors (Lipinski definition) is 4. The lowest BCUT2D eigenvalue weighted by molar-refractivity contribution is 0.475. The van der Waals surface area contributed by atoms with Crippen molar-refractivity contribution in [2.45, 2.75) is 6.92 Å². The number of rotatable bonds is 3. The second-order valence-electron chi connectivity index (χ2n) is 7.56. The maximum atomic E-state index is 13.3. The number of aromatic nitrogens is 2. The van der Waals surface area contributed by atoms with Crippen LogP contribution in [0.3, 0.4) is 0 Å². The molecule has 0 aliphatic carbocycles. The van der Waals surface area contributed by atoms with E-state index in [4.69, 9.17) is 9.41 Å². The number of phenolic OH excluding ortho intramolecular Hbond substituents is 1. The second kappa shape index (κ2) is 7.74. The molecule has 32 heavy (non-hydrogen) atoms. The predicted octanol–water partition coefficient (Wildman–Crippen LogP) is 4.84. The average molecular weight is 423 g/mol. The van der Waals surface area contributed by atoms with E-state index in [2.05, 4.69) is 0 Å². The van der Waals surface area contributed by atoms with Gasteiger partial charge in [0.2, 0.25) is 0 Å². The Labute approximate surface area is 183 Å². The van der Waals surface area contributed by atoms with Crippen molar-refractivity contribution in [1.82, 2.24) is 9.36 Å². The van der Waals surface area contributed by atoms with E-state index in [9.17, 15) is 9.90 Å². The molecule has 5 rings (SSSR count). The first-order valence-electron chi connectivity index (χ1n) is 10.2. The predicted molar refractivity (Wildman–Crippen MR) is 124 cm³/mol. The fraction of sp³-hybridized carbons (Fsp3) is 0.0769. The van der Waals surface area contributed by atoms with Gasteiger partial charge in [-0.15, -0.1) is 0 Å². The zero-order valence-corrected chi connectivity index (χ0v) is 17.7. The molecule has 3 aromatic carbocycles. The van der Waals surface area contributed by atoms with Crippen LogP contribution in [0, 0.1) is 6.92 Å². The first kappa shape index (κ1) is 19.6. The minimum absolute atomic E-state index is 0.100. The third-order valence-corrected chi connectivity index (χ3v) is 5.54. The topological polar surface area (TPSA) is 72.7 Å². The van der Waals surface area contributed by atoms with Crippen LogP contribution in [0.2, 0.25) is 0 Å². The first-order chi connectivity index (χ1) is 15.5. The second-order valence-corrected chi connectivity index (χ2v) is 7.56. The van der Waals surface area contributed by atoms with Crippen molar-refractivity contribution in [1.29, 1.82) is 0 Å². The molecule has 0 saturated carbocycles. The van der Waals surface area contributed by atoms with Crippen molar-refractivity contribution in [3.63, 3.8) is 0 Å². The van der Waals surface area contributed by atoms with Crippen LogP contribution in [0.1, 0.15) is 5.69 Å². The molecule has 0 spiro atoms. The fourth-order valence-electron chi connectivity index (χ4n) is 3.80. The lowest BCUT2D eigenvalue weighted by Crippen LogP contribution is -2.19. The maximum Gasteiger partial charge on any atom is 0.297 e. The number of fused-ring (bicyclic) bond motifs is 1. The van der Waals surface area contributed by atoms with E-state index in [1.54, 1.807) is 33.6 Å². The summed E-state index contributed by atoms with van der Waals surface area (Å²) in [5, 5.41) is 11.2. The minimum Gasteiger partial charge on any atom is -0.508 e. The van der Waals surface area contributed by atoms with E-state index < -0.39 is 0 Å². The van der Waals surface area contributed by atoms with Gasteiger partial charge in [0.15, 0.2) is 5.69 Å². The Hall–Kier alpha value is -4.32. The maximum absolute atomic E-state index is 13.3. The van der Waals surface area contributed by atoms with Crippen LogP contribution >= 0.6 is 0 Å². The summed E-state index contributed by atoms with van der Waals surface area (Å²) < 4.78 is 9.47. The molecule has 1 N–H and O–H groups in total. The molecular formula is C26H21N3O3. The van der Waals surface area contributed by atoms with Crippen LogP contribution in [0.25, 0.3) is 28.0 Å². The molecule has 6 heteroatoms. The summed E-state index contributed by atoms with van der Waals surface area (Å²) in [6, 6.07) is 25.8. The Balaban J connectivity index is 1.81. The molecule has 0 saturated heterocycles. The van der Waals surface area contributed by atoms with E-state index in [0.717, 1.165) is 16.9 Å². The summed E-state index contributed by atoms with van der Waals surface area (Å²) in [5.74, 6) is 0.725. The quantitative estimate of drug-likeness (QED) is 0.452. The molecule has 0 unspecified atom stereocenters. The van der Waals surface area contributed by atoms with Crippen molar-refractivity contribution >= 4 is 16.7 Å². The van der Waals surface area contributed by atoms with Crippen LogP contribution in [0.5, 0.6) is 5.75 Å². The van der Waals surface area contributed by atoms with Crippen LogP contribution in [-0.4, -0.2) is 14.5 Å². The monoisotopic (exact) mass is 423 g/mol. The van der Waals surface area contributed by atoms with Gasteiger partial charge in [-0.2, -0.15) is 0 Å². The lowest BCUT2D eigenvalue weighted by Gasteiger charge is -2.07. The molecule has 2 heterocycles. The van der Waals surface area contributed by atoms with Crippen molar-refractivity contribution < 1.29 is 9.52 Å². The Morgan fingerprint density at radius 1 is 0.906 bits per heavy atom. The third-order valence-electron chi connectivity index (χ3n) is 5.54. The van der Waals surface area contributed by atoms with Crippen LogP contribution in [0.15, 0.2) is 99.1 Å². The van der Waals surface area contributed by atoms with Crippen molar-refractivity contribution in [3.05, 3.63) is 106 Å². The van der Waals surface area contributed by atoms with Gasteiger partial charge < -0.3 is 9.52 Å². The van der Waals surface area contributed by atoms with Crippen LogP contribution in [-0.2, 0) is 7.05 Å². The number of nitrogens with zero attached hydrogens (tertiary/aromatic N) is 3. The van der Waals surface area contributed by atoms with Gasteiger partial charge >= 0.3 is 0 Å². The third kappa shape index (κ3) is 3.32. The number of para-hydroxylation sites is 1. The number of hydrogen-bond donors (Lipinski definition) is 1. The fourth-order valence-corrected chi connectivity index (χ4v) is 3.80. The van der Waals surface area contributed by atoms with Crippen molar-refractivity contribution in [3.8, 4) is 22.8 Å². The molecule has 0 aliphatic heterocycles. The molecule has 5 aromatic rings. The molecule has 0 amide bonds. The van der Waals surface area contributed by atoms with Gasteiger partial charge in [-0.1, -0.05) is 48.5 Å². The highest BCUT2D eigenvalue weighted by molar-refractivity contribution is 5.80. The highest BCUT2D eigenvalue weighted by Crippen LogP contribution is 2.25. The van der Waals surface area contributed by atoms with Gasteiger partial charge in [0.25, 0.3) is 5.56 Å². The number of aromatic hydroxyl groups is 1. The van der Waals surface area contributed by atoms with E-state index in [-0.39, 0.29) is 11.3 Å². The van der Waals surface area contributed by atoms with Gasteiger partial charge in [-0.25, -0.2) is 9.67 Å². The highest BCUT2D eigenvalue weighted by atomic mass is 16.3. The summed E-state index contributed by atoms with van der Waals surface area (Å²) in [4.78, 5) is 18.1. The van der Waals surface area contributed by atoms with Crippen molar-refractivity contribution in [2.24, 2.45) is 12.0 Å². The van der Waals surface area contributed by atoms with Gasteiger partial charge in [0, 0.05) is 24.1 Å². The standard InChI is InChI=1S/C26H21N3O3/c1-17-25(26(31)29(28(17)2)19-11-7-4-8-12-19)27-22-16-24(18-9-5-3-6-10-18)32-23-14-13-20(30)15-21(22)23/h3-16,30H,1-2H3. The first-order valence-corrected chi connectivity index (χ1v) is 10.2. The molecule has 0 aliphatic rings. The van der Waals surface area contributed by atoms with E-state index in [0.29, 0.717) is 27.8 Å². The number of benzene rings is 3. The summed E-state index contributed by atoms with van der Waals surface area (Å²) in [6.45, 7) is 1.87. The van der Waals surface area contributed by atoms with Crippen LogP contribution < -0.4 is 10.9 Å². The smallest absolute Gasteiger partial charge is 0.297 e. The van der Waals surface area contributed by atoms with Gasteiger partial charge in [0.05, 0.1) is 16.7 Å². The Kier molecular flexibility index (Phi) is 4.75. The van der Waals surface area contributed by atoms with Crippen LogP contribution in [0.4, 0.5) is 5.69 Å². The van der Waals surface area contributed by atoms with Gasteiger partial charge in [-0.3, -0.25) is 9.48 Å². The Bertz CT molecular complexity index is 1560. The van der Waals surface area contributed by atoms with Gasteiger partial charge in [0.1, 0.15) is 17.1 Å². The molecule has 0 fully saturated rings. The molecule has 2 aromatic heterocycles. The Morgan fingerprint density at radius 2 is 1.59 bits per heavy atom. The van der Waals surface area contributed by atoms with E-state index in [1.807, 2.05) is 74.6 Å². The van der Waals surface area contributed by atoms with Crippen molar-refractivity contribution in [2.75, 3.05) is 0 Å². The molecule has 158 valence electrons. The zero-order valence-electron chi connectivity index (χ0n) is 17.7. The molecule has 0 radical (unpaired) electrons. The summed E-state index contributed by atoms with van der Waals surface area (Å²) in [5.41, 5.74) is 3.08. The lowest BCUT2D eigenvalue weighted by atomic mass is 10.1. The summed E-state index contributed by atoms with van der Waals surface area (Å²) in [6.07, 6.45) is 0. The van der Waals surface area contributed by atoms with E-state index >= 15 is 0 Å². The molecule has 0 atom stereocenters. The van der Waals surface area contributed by atoms with E-state index in [1.165, 1.54) is 0 Å². The summed E-state index contributed by atoms with van der Waals surface area (Å²) >= 11 is 0. The zero-order chi connectivity index (χ0) is 22.2. The highest BCUT2D eigenvalue weighted by Gasteiger charge is 2.16. The van der Waals surface area contributed by atoms with Gasteiger partial charge in [-0.05, 0) is 37.3 Å². The largest absolute Gasteiger partial charge is 0.508 e. The molecular weight excluding hydrogens is 402 g/mol. The summed E-state index contributed by atoms with van der Waals surface area (Å²) in [7, 11) is 1.84. The normalized spacial score (nSPS) is 11.9. The SMILES string of the molecule is Cc1c(N=c2cc(-c3ccccc3)oc3ccc(O)cc23)c(=O)n(-c2ccccc2)n1C.